The van der Waals surface area contributed by atoms with Gasteiger partial charge in [-0.1, -0.05) is 35.3 Å². The van der Waals surface area contributed by atoms with Gasteiger partial charge in [0.25, 0.3) is 0 Å². The molecule has 2 aromatic carbocycles. The molecule has 0 fully saturated rings. The zero-order valence-corrected chi connectivity index (χ0v) is 11.1. The minimum absolute atomic E-state index is 0.760. The van der Waals surface area contributed by atoms with Crippen molar-refractivity contribution in [1.82, 2.24) is 4.98 Å². The number of fused-ring (bicyclic) bond motifs is 1. The van der Waals surface area contributed by atoms with Gasteiger partial charge in [-0.2, -0.15) is 0 Å². The third-order valence-electron chi connectivity index (χ3n) is 2.92. The van der Waals surface area contributed by atoms with E-state index in [9.17, 15) is 0 Å². The maximum Gasteiger partial charge on any atom is 0.0457 e. The Kier molecular flexibility index (Phi) is 3.02. The van der Waals surface area contributed by atoms with Gasteiger partial charge in [0.15, 0.2) is 0 Å². The monoisotopic (exact) mass is 275 g/mol. The van der Waals surface area contributed by atoms with Gasteiger partial charge in [-0.25, -0.2) is 0 Å². The van der Waals surface area contributed by atoms with Crippen LogP contribution in [0.3, 0.4) is 0 Å². The Morgan fingerprint density at radius 1 is 0.889 bits per heavy atom. The third kappa shape index (κ3) is 2.38. The van der Waals surface area contributed by atoms with Gasteiger partial charge >= 0.3 is 0 Å². The van der Waals surface area contributed by atoms with E-state index in [-0.39, 0.29) is 0 Å². The average molecular weight is 276 g/mol. The summed E-state index contributed by atoms with van der Waals surface area (Å²) in [4.78, 5) is 3.39. The van der Waals surface area contributed by atoms with Crippen LogP contribution in [0.15, 0.2) is 48.5 Å². The minimum atomic E-state index is 0.760. The van der Waals surface area contributed by atoms with E-state index >= 15 is 0 Å². The molecule has 0 saturated carbocycles. The predicted molar refractivity (Wildman–Crippen MR) is 77.6 cm³/mol. The number of rotatable bonds is 2. The molecule has 18 heavy (non-hydrogen) atoms. The molecule has 0 aliphatic rings. The van der Waals surface area contributed by atoms with Crippen molar-refractivity contribution in [2.75, 3.05) is 0 Å². The van der Waals surface area contributed by atoms with Crippen LogP contribution in [0, 0.1) is 0 Å². The molecule has 1 heterocycles. The first-order valence-electron chi connectivity index (χ1n) is 5.72. The highest BCUT2D eigenvalue weighted by Crippen LogP contribution is 2.22. The highest BCUT2D eigenvalue weighted by atomic mass is 35.5. The molecule has 0 amide bonds. The molecule has 3 aromatic rings. The second kappa shape index (κ2) is 4.68. The largest absolute Gasteiger partial charge is 0.358 e. The van der Waals surface area contributed by atoms with E-state index < -0.39 is 0 Å². The van der Waals surface area contributed by atoms with Gasteiger partial charge in [0.05, 0.1) is 0 Å². The molecular formula is C15H11Cl2N. The number of aromatic nitrogens is 1. The Bertz CT molecular complexity index is 701. The quantitative estimate of drug-likeness (QED) is 0.673. The Labute approximate surface area is 115 Å². The Morgan fingerprint density at radius 3 is 2.56 bits per heavy atom. The summed E-state index contributed by atoms with van der Waals surface area (Å²) < 4.78 is 0. The van der Waals surface area contributed by atoms with Crippen molar-refractivity contribution in [3.05, 3.63) is 69.8 Å². The van der Waals surface area contributed by atoms with Crippen molar-refractivity contribution in [2.24, 2.45) is 0 Å². The summed E-state index contributed by atoms with van der Waals surface area (Å²) >= 11 is 12.0. The molecule has 0 aliphatic heterocycles. The van der Waals surface area contributed by atoms with E-state index in [0.717, 1.165) is 33.1 Å². The van der Waals surface area contributed by atoms with E-state index in [1.54, 1.807) is 0 Å². The topological polar surface area (TPSA) is 15.8 Å². The summed E-state index contributed by atoms with van der Waals surface area (Å²) in [7, 11) is 0. The number of nitrogens with one attached hydrogen (secondary N) is 1. The second-order valence-electron chi connectivity index (χ2n) is 4.33. The SMILES string of the molecule is Clc1cccc(Cc2cc3cc(Cl)ccc3[nH]2)c1. The second-order valence-corrected chi connectivity index (χ2v) is 5.21. The van der Waals surface area contributed by atoms with Crippen LogP contribution >= 0.6 is 23.2 Å². The summed E-state index contributed by atoms with van der Waals surface area (Å²) in [5.41, 5.74) is 3.46. The van der Waals surface area contributed by atoms with E-state index in [2.05, 4.69) is 17.1 Å². The van der Waals surface area contributed by atoms with Crippen LogP contribution in [-0.2, 0) is 6.42 Å². The van der Waals surface area contributed by atoms with Gasteiger partial charge in [-0.15, -0.1) is 0 Å². The Morgan fingerprint density at radius 2 is 1.72 bits per heavy atom. The molecule has 1 N–H and O–H groups in total. The Balaban J connectivity index is 1.95. The van der Waals surface area contributed by atoms with Gasteiger partial charge < -0.3 is 4.98 Å². The summed E-state index contributed by atoms with van der Waals surface area (Å²) in [6, 6.07) is 15.9. The number of halogens is 2. The van der Waals surface area contributed by atoms with Gasteiger partial charge in [0, 0.05) is 33.1 Å². The van der Waals surface area contributed by atoms with Crippen LogP contribution in [-0.4, -0.2) is 4.98 Å². The zero-order chi connectivity index (χ0) is 12.5. The smallest absolute Gasteiger partial charge is 0.0457 e. The van der Waals surface area contributed by atoms with Crippen molar-refractivity contribution in [3.63, 3.8) is 0 Å². The standard InChI is InChI=1S/C15H11Cl2N/c16-12-3-1-2-10(6-12)7-14-9-11-8-13(17)4-5-15(11)18-14/h1-6,8-9,18H,7H2. The average Bonchev–Trinajstić information content (AvgIpc) is 2.70. The summed E-state index contributed by atoms with van der Waals surface area (Å²) in [5.74, 6) is 0. The minimum Gasteiger partial charge on any atom is -0.358 e. The van der Waals surface area contributed by atoms with Crippen LogP contribution < -0.4 is 0 Å². The van der Waals surface area contributed by atoms with Crippen LogP contribution in [0.5, 0.6) is 0 Å². The van der Waals surface area contributed by atoms with Gasteiger partial charge in [0.1, 0.15) is 0 Å². The molecule has 1 nitrogen and oxygen atoms in total. The molecule has 1 aromatic heterocycles. The highest BCUT2D eigenvalue weighted by molar-refractivity contribution is 6.31. The first kappa shape index (κ1) is 11.6. The maximum absolute atomic E-state index is 5.98. The number of benzene rings is 2. The van der Waals surface area contributed by atoms with E-state index in [0.29, 0.717) is 0 Å². The molecule has 0 bridgehead atoms. The summed E-state index contributed by atoms with van der Waals surface area (Å²) in [6.45, 7) is 0. The Hall–Kier alpha value is -1.44. The summed E-state index contributed by atoms with van der Waals surface area (Å²) in [6.07, 6.45) is 0.840. The number of hydrogen-bond acceptors (Lipinski definition) is 0. The van der Waals surface area contributed by atoms with Crippen molar-refractivity contribution in [1.29, 1.82) is 0 Å². The fourth-order valence-electron chi connectivity index (χ4n) is 2.13. The molecule has 0 radical (unpaired) electrons. The molecule has 0 aliphatic carbocycles. The molecule has 0 saturated heterocycles. The maximum atomic E-state index is 5.98. The first-order chi connectivity index (χ1) is 8.70. The van der Waals surface area contributed by atoms with Gasteiger partial charge in [0.2, 0.25) is 0 Å². The number of H-pyrrole nitrogens is 1. The van der Waals surface area contributed by atoms with Crippen molar-refractivity contribution >= 4 is 34.1 Å². The fourth-order valence-corrected chi connectivity index (χ4v) is 2.52. The van der Waals surface area contributed by atoms with E-state index in [1.807, 2.05) is 36.4 Å². The third-order valence-corrected chi connectivity index (χ3v) is 3.39. The van der Waals surface area contributed by atoms with Gasteiger partial charge in [-0.3, -0.25) is 0 Å². The van der Waals surface area contributed by atoms with Gasteiger partial charge in [-0.05, 0) is 42.0 Å². The molecule has 3 rings (SSSR count). The van der Waals surface area contributed by atoms with Crippen molar-refractivity contribution in [3.8, 4) is 0 Å². The highest BCUT2D eigenvalue weighted by Gasteiger charge is 2.03. The van der Waals surface area contributed by atoms with Crippen molar-refractivity contribution < 1.29 is 0 Å². The lowest BCUT2D eigenvalue weighted by molar-refractivity contribution is 1.12. The van der Waals surface area contributed by atoms with Crippen LogP contribution in [0.1, 0.15) is 11.3 Å². The van der Waals surface area contributed by atoms with Crippen LogP contribution in [0.25, 0.3) is 10.9 Å². The summed E-state index contributed by atoms with van der Waals surface area (Å²) in [5, 5.41) is 2.67. The molecule has 0 spiro atoms. The van der Waals surface area contributed by atoms with Crippen LogP contribution in [0.4, 0.5) is 0 Å². The van der Waals surface area contributed by atoms with Crippen LogP contribution in [0.2, 0.25) is 10.0 Å². The number of hydrogen-bond donors (Lipinski definition) is 1. The lowest BCUT2D eigenvalue weighted by atomic mass is 10.1. The fraction of sp³-hybridized carbons (Fsp3) is 0.0667. The first-order valence-corrected chi connectivity index (χ1v) is 6.48. The predicted octanol–water partition coefficient (Wildman–Crippen LogP) is 5.07. The van der Waals surface area contributed by atoms with Crippen molar-refractivity contribution in [2.45, 2.75) is 6.42 Å². The molecular weight excluding hydrogens is 265 g/mol. The normalized spacial score (nSPS) is 11.0. The van der Waals surface area contributed by atoms with E-state index in [1.165, 1.54) is 5.56 Å². The number of aromatic amines is 1. The molecule has 0 unspecified atom stereocenters. The molecule has 3 heteroatoms. The lowest BCUT2D eigenvalue weighted by Crippen LogP contribution is -1.87. The zero-order valence-electron chi connectivity index (χ0n) is 9.58. The molecule has 0 atom stereocenters. The van der Waals surface area contributed by atoms with E-state index in [4.69, 9.17) is 23.2 Å². The molecule has 90 valence electrons. The lowest BCUT2D eigenvalue weighted by Gasteiger charge is -1.99.